The van der Waals surface area contributed by atoms with E-state index in [9.17, 15) is 9.59 Å². The number of nitrogens with one attached hydrogen (secondary N) is 1. The summed E-state index contributed by atoms with van der Waals surface area (Å²) in [7, 11) is 0. The Morgan fingerprint density at radius 1 is 1.33 bits per heavy atom. The second-order valence-corrected chi connectivity index (χ2v) is 5.07. The molecule has 1 saturated carbocycles. The molecule has 1 amide bonds. The fourth-order valence-corrected chi connectivity index (χ4v) is 2.34. The van der Waals surface area contributed by atoms with Gasteiger partial charge in [0.25, 0.3) is 5.91 Å². The van der Waals surface area contributed by atoms with Crippen LogP contribution >= 0.6 is 0 Å². The molecule has 108 valence electrons. The Kier molecular flexibility index (Phi) is 3.39. The molecule has 3 rings (SSSR count). The first-order valence-electron chi connectivity index (χ1n) is 6.64. The van der Waals surface area contributed by atoms with Crippen LogP contribution in [0.5, 0.6) is 0 Å². The summed E-state index contributed by atoms with van der Waals surface area (Å²) in [6, 6.07) is 6.97. The third-order valence-electron chi connectivity index (χ3n) is 3.62. The largest absolute Gasteiger partial charge is 0.481 e. The van der Waals surface area contributed by atoms with E-state index in [0.717, 1.165) is 5.69 Å². The average Bonchev–Trinajstić information content (AvgIpc) is 2.96. The molecule has 0 aliphatic heterocycles. The molecule has 21 heavy (non-hydrogen) atoms. The van der Waals surface area contributed by atoms with Gasteiger partial charge in [0.15, 0.2) is 0 Å². The Hall–Kier alpha value is -2.70. The Morgan fingerprint density at radius 2 is 2.14 bits per heavy atom. The lowest BCUT2D eigenvalue weighted by molar-refractivity contribution is -0.145. The second-order valence-electron chi connectivity index (χ2n) is 5.07. The number of benzene rings is 1. The van der Waals surface area contributed by atoms with Crippen LogP contribution in [0.1, 0.15) is 23.2 Å². The number of carboxylic acids is 1. The molecule has 7 heteroatoms. The first kappa shape index (κ1) is 13.3. The van der Waals surface area contributed by atoms with Crippen LogP contribution in [0.2, 0.25) is 0 Å². The Bertz CT molecular complexity index is 663. The number of aliphatic carboxylic acids is 1. The van der Waals surface area contributed by atoms with Crippen molar-refractivity contribution in [1.82, 2.24) is 20.3 Å². The molecule has 1 fully saturated rings. The number of carbonyl (C=O) groups is 2. The molecule has 0 radical (unpaired) electrons. The number of amides is 1. The maximum atomic E-state index is 12.1. The van der Waals surface area contributed by atoms with E-state index >= 15 is 0 Å². The fourth-order valence-electron chi connectivity index (χ4n) is 2.34. The first-order chi connectivity index (χ1) is 10.1. The summed E-state index contributed by atoms with van der Waals surface area (Å²) in [5.41, 5.74) is 1.26. The third-order valence-corrected chi connectivity index (χ3v) is 3.62. The predicted molar refractivity (Wildman–Crippen MR) is 73.0 cm³/mol. The number of rotatable bonds is 4. The van der Waals surface area contributed by atoms with Gasteiger partial charge in [-0.25, -0.2) is 4.68 Å². The van der Waals surface area contributed by atoms with E-state index in [4.69, 9.17) is 5.11 Å². The summed E-state index contributed by atoms with van der Waals surface area (Å²) in [4.78, 5) is 22.9. The number of hydrogen-bond acceptors (Lipinski definition) is 4. The van der Waals surface area contributed by atoms with E-state index in [0.29, 0.717) is 18.4 Å². The molecule has 0 atom stereocenters. The number of carboxylic acid groups (broad SMARTS) is 1. The van der Waals surface area contributed by atoms with Crippen LogP contribution in [-0.4, -0.2) is 38.0 Å². The van der Waals surface area contributed by atoms with Crippen LogP contribution in [0.25, 0.3) is 5.69 Å². The molecule has 1 aromatic heterocycles. The van der Waals surface area contributed by atoms with Crippen LogP contribution in [-0.2, 0) is 4.79 Å². The topological polar surface area (TPSA) is 97.1 Å². The summed E-state index contributed by atoms with van der Waals surface area (Å²) in [6.45, 7) is 0. The van der Waals surface area contributed by atoms with Gasteiger partial charge >= 0.3 is 5.97 Å². The van der Waals surface area contributed by atoms with Crippen LogP contribution in [0.4, 0.5) is 0 Å². The van der Waals surface area contributed by atoms with Gasteiger partial charge in [0, 0.05) is 11.6 Å². The molecule has 2 N–H and O–H groups in total. The summed E-state index contributed by atoms with van der Waals surface area (Å²) < 4.78 is 1.57. The van der Waals surface area contributed by atoms with Crippen molar-refractivity contribution < 1.29 is 14.7 Å². The highest BCUT2D eigenvalue weighted by molar-refractivity contribution is 5.95. The number of nitrogens with zero attached hydrogens (tertiary/aromatic N) is 3. The zero-order chi connectivity index (χ0) is 14.8. The second kappa shape index (κ2) is 5.35. The molecule has 1 aromatic carbocycles. The highest BCUT2D eigenvalue weighted by Crippen LogP contribution is 2.27. The predicted octanol–water partition coefficient (Wildman–Crippen LogP) is 0.860. The molecular weight excluding hydrogens is 272 g/mol. The lowest BCUT2D eigenvalue weighted by atomic mass is 9.80. The highest BCUT2D eigenvalue weighted by atomic mass is 16.4. The quantitative estimate of drug-likeness (QED) is 0.868. The lowest BCUT2D eigenvalue weighted by Crippen LogP contribution is -2.46. The molecule has 0 saturated heterocycles. The van der Waals surface area contributed by atoms with Crippen molar-refractivity contribution >= 4 is 11.9 Å². The minimum absolute atomic E-state index is 0.0615. The van der Waals surface area contributed by atoms with Gasteiger partial charge in [0.1, 0.15) is 0 Å². The van der Waals surface area contributed by atoms with Gasteiger partial charge in [-0.15, -0.1) is 5.10 Å². The molecule has 1 aliphatic carbocycles. The molecule has 7 nitrogen and oxygen atoms in total. The van der Waals surface area contributed by atoms with Crippen LogP contribution in [0.3, 0.4) is 0 Å². The van der Waals surface area contributed by atoms with Crippen molar-refractivity contribution in [2.45, 2.75) is 18.9 Å². The molecule has 1 heterocycles. The van der Waals surface area contributed by atoms with Gasteiger partial charge in [-0.05, 0) is 31.0 Å². The van der Waals surface area contributed by atoms with Crippen molar-refractivity contribution in [3.05, 3.63) is 42.2 Å². The lowest BCUT2D eigenvalue weighted by Gasteiger charge is -2.32. The summed E-state index contributed by atoms with van der Waals surface area (Å²) in [5.74, 6) is -1.34. The smallest absolute Gasteiger partial charge is 0.306 e. The Labute approximate surface area is 120 Å². The third kappa shape index (κ3) is 2.76. The molecule has 0 spiro atoms. The van der Waals surface area contributed by atoms with Crippen LogP contribution < -0.4 is 5.32 Å². The van der Waals surface area contributed by atoms with Crippen LogP contribution in [0, 0.1) is 5.92 Å². The summed E-state index contributed by atoms with van der Waals surface area (Å²) >= 11 is 0. The summed E-state index contributed by atoms with van der Waals surface area (Å²) in [6.07, 6.45) is 4.24. The Morgan fingerprint density at radius 3 is 2.81 bits per heavy atom. The van der Waals surface area contributed by atoms with Gasteiger partial charge in [0.2, 0.25) is 0 Å². The number of hydrogen-bond donors (Lipinski definition) is 2. The van der Waals surface area contributed by atoms with Crippen molar-refractivity contribution in [2.24, 2.45) is 5.92 Å². The average molecular weight is 286 g/mol. The molecular formula is C14H14N4O3. The molecule has 0 unspecified atom stereocenters. The minimum Gasteiger partial charge on any atom is -0.481 e. The van der Waals surface area contributed by atoms with Gasteiger partial charge in [0.05, 0.1) is 24.0 Å². The van der Waals surface area contributed by atoms with Gasteiger partial charge in [-0.3, -0.25) is 9.59 Å². The Balaban J connectivity index is 1.66. The van der Waals surface area contributed by atoms with Gasteiger partial charge in [-0.1, -0.05) is 11.3 Å². The molecule has 1 aliphatic rings. The maximum absolute atomic E-state index is 12.1. The molecule has 0 bridgehead atoms. The van der Waals surface area contributed by atoms with Crippen molar-refractivity contribution in [3.8, 4) is 5.69 Å². The van der Waals surface area contributed by atoms with Crippen LogP contribution in [0.15, 0.2) is 36.7 Å². The first-order valence-corrected chi connectivity index (χ1v) is 6.64. The number of aromatic nitrogens is 3. The van der Waals surface area contributed by atoms with Crippen molar-refractivity contribution in [1.29, 1.82) is 0 Å². The summed E-state index contributed by atoms with van der Waals surface area (Å²) in [5, 5.41) is 19.3. The van der Waals surface area contributed by atoms with E-state index < -0.39 is 5.97 Å². The van der Waals surface area contributed by atoms with E-state index in [-0.39, 0.29) is 17.9 Å². The van der Waals surface area contributed by atoms with Crippen molar-refractivity contribution in [2.75, 3.05) is 0 Å². The van der Waals surface area contributed by atoms with Gasteiger partial charge in [-0.2, -0.15) is 0 Å². The minimum atomic E-state index is -0.798. The fraction of sp³-hybridized carbons (Fsp3) is 0.286. The monoisotopic (exact) mass is 286 g/mol. The van der Waals surface area contributed by atoms with E-state index in [1.165, 1.54) is 0 Å². The maximum Gasteiger partial charge on any atom is 0.306 e. The van der Waals surface area contributed by atoms with E-state index in [1.54, 1.807) is 35.3 Å². The zero-order valence-corrected chi connectivity index (χ0v) is 11.1. The zero-order valence-electron chi connectivity index (χ0n) is 11.1. The van der Waals surface area contributed by atoms with Gasteiger partial charge < -0.3 is 10.4 Å². The van der Waals surface area contributed by atoms with E-state index in [1.807, 2.05) is 6.07 Å². The SMILES string of the molecule is O=C(NC1CC(C(=O)O)C1)c1cccc(-n2ccnn2)c1. The van der Waals surface area contributed by atoms with Crippen molar-refractivity contribution in [3.63, 3.8) is 0 Å². The normalized spacial score (nSPS) is 20.6. The van der Waals surface area contributed by atoms with E-state index in [2.05, 4.69) is 15.6 Å². The number of carbonyl (C=O) groups excluding carboxylic acids is 1. The highest BCUT2D eigenvalue weighted by Gasteiger charge is 2.35. The standard InChI is InChI=1S/C14H14N4O3/c19-13(16-11-6-10(7-11)14(20)21)9-2-1-3-12(8-9)18-5-4-15-17-18/h1-5,8,10-11H,6-7H2,(H,16,19)(H,20,21). The molecule has 2 aromatic rings.